The number of thioether (sulfide) groups is 1. The SMILES string of the molecule is Cc1ccc(SCc2nc(Cl)cc(C(C)C)n2)cc1. The fraction of sp³-hybridized carbons (Fsp3) is 0.333. The second-order valence-electron chi connectivity index (χ2n) is 4.79. The molecule has 1 aromatic heterocycles. The van der Waals surface area contributed by atoms with Crippen LogP contribution in [0.1, 0.15) is 36.8 Å². The first-order valence-electron chi connectivity index (χ1n) is 6.27. The van der Waals surface area contributed by atoms with Crippen molar-refractivity contribution >= 4 is 23.4 Å². The highest BCUT2D eigenvalue weighted by molar-refractivity contribution is 7.98. The Bertz CT molecular complexity index is 553. The number of benzene rings is 1. The summed E-state index contributed by atoms with van der Waals surface area (Å²) in [6, 6.07) is 10.3. The van der Waals surface area contributed by atoms with Crippen LogP contribution >= 0.6 is 23.4 Å². The van der Waals surface area contributed by atoms with Crippen LogP contribution in [0.3, 0.4) is 0 Å². The molecule has 0 fully saturated rings. The summed E-state index contributed by atoms with van der Waals surface area (Å²) in [7, 11) is 0. The first-order valence-corrected chi connectivity index (χ1v) is 7.64. The van der Waals surface area contributed by atoms with Crippen LogP contribution in [0.4, 0.5) is 0 Å². The van der Waals surface area contributed by atoms with Gasteiger partial charge in [-0.15, -0.1) is 11.8 Å². The van der Waals surface area contributed by atoms with Gasteiger partial charge in [0.15, 0.2) is 0 Å². The van der Waals surface area contributed by atoms with Gasteiger partial charge in [-0.3, -0.25) is 0 Å². The molecule has 0 aliphatic rings. The predicted octanol–water partition coefficient (Wildman–Crippen LogP) is 4.85. The van der Waals surface area contributed by atoms with E-state index in [1.807, 2.05) is 6.07 Å². The normalized spacial score (nSPS) is 11.0. The number of rotatable bonds is 4. The molecule has 2 rings (SSSR count). The van der Waals surface area contributed by atoms with Crippen molar-refractivity contribution in [2.45, 2.75) is 37.3 Å². The van der Waals surface area contributed by atoms with Crippen LogP contribution in [-0.2, 0) is 5.75 Å². The van der Waals surface area contributed by atoms with Gasteiger partial charge in [-0.1, -0.05) is 43.1 Å². The predicted molar refractivity (Wildman–Crippen MR) is 81.9 cm³/mol. The van der Waals surface area contributed by atoms with Gasteiger partial charge >= 0.3 is 0 Å². The molecule has 0 N–H and O–H groups in total. The van der Waals surface area contributed by atoms with Gasteiger partial charge in [0.1, 0.15) is 11.0 Å². The largest absolute Gasteiger partial charge is 0.237 e. The van der Waals surface area contributed by atoms with Gasteiger partial charge in [0.25, 0.3) is 0 Å². The molecule has 19 heavy (non-hydrogen) atoms. The van der Waals surface area contributed by atoms with Gasteiger partial charge in [0, 0.05) is 10.6 Å². The third-order valence-electron chi connectivity index (χ3n) is 2.74. The number of aryl methyl sites for hydroxylation is 1. The molecule has 1 heterocycles. The Balaban J connectivity index is 2.08. The molecular weight excluding hydrogens is 276 g/mol. The first kappa shape index (κ1) is 14.4. The molecule has 0 aliphatic heterocycles. The van der Waals surface area contributed by atoms with Gasteiger partial charge < -0.3 is 0 Å². The number of halogens is 1. The van der Waals surface area contributed by atoms with E-state index in [0.29, 0.717) is 11.1 Å². The number of hydrogen-bond donors (Lipinski definition) is 0. The van der Waals surface area contributed by atoms with E-state index in [4.69, 9.17) is 11.6 Å². The average molecular weight is 293 g/mol. The molecule has 0 aliphatic carbocycles. The fourth-order valence-corrected chi connectivity index (χ4v) is 2.59. The Morgan fingerprint density at radius 2 is 1.84 bits per heavy atom. The smallest absolute Gasteiger partial charge is 0.140 e. The zero-order chi connectivity index (χ0) is 13.8. The van der Waals surface area contributed by atoms with Crippen molar-refractivity contribution in [3.8, 4) is 0 Å². The van der Waals surface area contributed by atoms with Gasteiger partial charge in [0.05, 0.1) is 5.75 Å². The van der Waals surface area contributed by atoms with Crippen LogP contribution in [0, 0.1) is 6.92 Å². The van der Waals surface area contributed by atoms with Crippen molar-refractivity contribution in [3.05, 3.63) is 52.6 Å². The van der Waals surface area contributed by atoms with Crippen molar-refractivity contribution in [2.75, 3.05) is 0 Å². The third-order valence-corrected chi connectivity index (χ3v) is 3.94. The summed E-state index contributed by atoms with van der Waals surface area (Å²) in [5, 5.41) is 0.526. The lowest BCUT2D eigenvalue weighted by molar-refractivity contribution is 0.799. The van der Waals surface area contributed by atoms with Crippen molar-refractivity contribution in [1.82, 2.24) is 9.97 Å². The van der Waals surface area contributed by atoms with Gasteiger partial charge in [0.2, 0.25) is 0 Å². The number of aromatic nitrogens is 2. The summed E-state index contributed by atoms with van der Waals surface area (Å²) in [5.41, 5.74) is 2.27. The fourth-order valence-electron chi connectivity index (χ4n) is 1.63. The molecule has 0 saturated heterocycles. The molecule has 0 atom stereocenters. The number of nitrogens with zero attached hydrogens (tertiary/aromatic N) is 2. The summed E-state index contributed by atoms with van der Waals surface area (Å²) < 4.78 is 0. The van der Waals surface area contributed by atoms with E-state index in [-0.39, 0.29) is 0 Å². The van der Waals surface area contributed by atoms with E-state index in [0.717, 1.165) is 17.3 Å². The minimum Gasteiger partial charge on any atom is -0.237 e. The zero-order valence-corrected chi connectivity index (χ0v) is 12.9. The monoisotopic (exact) mass is 292 g/mol. The minimum absolute atomic E-state index is 0.364. The molecule has 0 amide bonds. The van der Waals surface area contributed by atoms with Crippen LogP contribution in [0.5, 0.6) is 0 Å². The maximum atomic E-state index is 6.04. The zero-order valence-electron chi connectivity index (χ0n) is 11.4. The van der Waals surface area contributed by atoms with E-state index < -0.39 is 0 Å². The summed E-state index contributed by atoms with van der Waals surface area (Å²) in [5.74, 6) is 1.90. The average Bonchev–Trinajstić information content (AvgIpc) is 2.37. The van der Waals surface area contributed by atoms with E-state index >= 15 is 0 Å². The highest BCUT2D eigenvalue weighted by Gasteiger charge is 2.07. The number of hydrogen-bond acceptors (Lipinski definition) is 3. The molecule has 1 aromatic carbocycles. The molecular formula is C15H17ClN2S. The molecule has 0 saturated carbocycles. The standard InChI is InChI=1S/C15H17ClN2S/c1-10(2)13-8-14(16)18-15(17-13)9-19-12-6-4-11(3)5-7-12/h4-8,10H,9H2,1-3H3. The van der Waals surface area contributed by atoms with Gasteiger partial charge in [-0.05, 0) is 31.0 Å². The second kappa shape index (κ2) is 6.40. The Kier molecular flexibility index (Phi) is 4.83. The maximum absolute atomic E-state index is 6.04. The lowest BCUT2D eigenvalue weighted by Crippen LogP contribution is -2.00. The van der Waals surface area contributed by atoms with Crippen LogP contribution in [-0.4, -0.2) is 9.97 Å². The van der Waals surface area contributed by atoms with Gasteiger partial charge in [-0.2, -0.15) is 0 Å². The molecule has 2 aromatic rings. The molecule has 0 radical (unpaired) electrons. The molecule has 4 heteroatoms. The molecule has 0 spiro atoms. The van der Waals surface area contributed by atoms with Crippen molar-refractivity contribution < 1.29 is 0 Å². The Hall–Kier alpha value is -1.06. The van der Waals surface area contributed by atoms with E-state index in [1.54, 1.807) is 11.8 Å². The quantitative estimate of drug-likeness (QED) is 0.595. The first-order chi connectivity index (χ1) is 9.04. The molecule has 2 nitrogen and oxygen atoms in total. The Morgan fingerprint density at radius 1 is 1.16 bits per heavy atom. The Labute approximate surface area is 123 Å². The van der Waals surface area contributed by atoms with Crippen LogP contribution in [0.2, 0.25) is 5.15 Å². The van der Waals surface area contributed by atoms with Crippen LogP contribution < -0.4 is 0 Å². The lowest BCUT2D eigenvalue weighted by Gasteiger charge is -2.07. The van der Waals surface area contributed by atoms with E-state index in [9.17, 15) is 0 Å². The lowest BCUT2D eigenvalue weighted by atomic mass is 10.1. The highest BCUT2D eigenvalue weighted by atomic mass is 35.5. The van der Waals surface area contributed by atoms with Crippen molar-refractivity contribution in [1.29, 1.82) is 0 Å². The molecule has 100 valence electrons. The summed E-state index contributed by atoms with van der Waals surface area (Å²) in [6.07, 6.45) is 0. The van der Waals surface area contributed by atoms with Crippen molar-refractivity contribution in [2.24, 2.45) is 0 Å². The third kappa shape index (κ3) is 4.22. The maximum Gasteiger partial charge on any atom is 0.140 e. The summed E-state index contributed by atoms with van der Waals surface area (Å²) in [4.78, 5) is 10.1. The molecule has 0 unspecified atom stereocenters. The van der Waals surface area contributed by atoms with Crippen LogP contribution in [0.15, 0.2) is 35.2 Å². The van der Waals surface area contributed by atoms with E-state index in [2.05, 4.69) is 55.0 Å². The van der Waals surface area contributed by atoms with Crippen molar-refractivity contribution in [3.63, 3.8) is 0 Å². The van der Waals surface area contributed by atoms with E-state index in [1.165, 1.54) is 10.5 Å². The molecule has 0 bridgehead atoms. The summed E-state index contributed by atoms with van der Waals surface area (Å²) >= 11 is 7.76. The van der Waals surface area contributed by atoms with Crippen LogP contribution in [0.25, 0.3) is 0 Å². The second-order valence-corrected chi connectivity index (χ2v) is 6.22. The summed E-state index contributed by atoms with van der Waals surface area (Å²) in [6.45, 7) is 6.30. The van der Waals surface area contributed by atoms with Gasteiger partial charge in [-0.25, -0.2) is 9.97 Å². The highest BCUT2D eigenvalue weighted by Crippen LogP contribution is 2.23. The minimum atomic E-state index is 0.364. The Morgan fingerprint density at radius 3 is 2.47 bits per heavy atom. The topological polar surface area (TPSA) is 25.8 Å².